The van der Waals surface area contributed by atoms with Gasteiger partial charge in [-0.25, -0.2) is 4.79 Å². The van der Waals surface area contributed by atoms with Gasteiger partial charge in [0, 0.05) is 41.8 Å². The van der Waals surface area contributed by atoms with Gasteiger partial charge in [0.15, 0.2) is 12.6 Å². The van der Waals surface area contributed by atoms with Crippen LogP contribution in [0.15, 0.2) is 135 Å². The lowest BCUT2D eigenvalue weighted by Crippen LogP contribution is -2.00. The van der Waals surface area contributed by atoms with Crippen LogP contribution in [0.1, 0.15) is 64.6 Å². The number of ether oxygens (including phenoxy) is 3. The Bertz CT molecular complexity index is 2110. The summed E-state index contributed by atoms with van der Waals surface area (Å²) in [5.74, 6) is 1.07. The molecule has 12 heteroatoms. The van der Waals surface area contributed by atoms with Crippen LogP contribution in [-0.4, -0.2) is 28.6 Å². The van der Waals surface area contributed by atoms with E-state index in [2.05, 4.69) is 68.7 Å². The normalized spacial score (nSPS) is 10.2. The molecule has 1 N–H and O–H groups in total. The Kier molecular flexibility index (Phi) is 18.0. The number of aromatic nitrogens is 1. The van der Waals surface area contributed by atoms with Crippen molar-refractivity contribution in [3.8, 4) is 17.2 Å². The van der Waals surface area contributed by atoms with Crippen molar-refractivity contribution < 1.29 is 33.7 Å². The van der Waals surface area contributed by atoms with Crippen molar-refractivity contribution in [2.24, 2.45) is 0 Å². The van der Waals surface area contributed by atoms with Crippen molar-refractivity contribution in [2.45, 2.75) is 39.0 Å². The van der Waals surface area contributed by atoms with E-state index in [4.69, 9.17) is 19.3 Å². The molecular formula is C44H37Br4NO7. The van der Waals surface area contributed by atoms with Gasteiger partial charge >= 0.3 is 5.97 Å². The van der Waals surface area contributed by atoms with Crippen molar-refractivity contribution in [2.75, 3.05) is 0 Å². The standard InChI is InChI=1S/C15H12Br2O3.C15H13BrO2.C14H12BrNO2/c16-8-12-7-13(17)5-6-14(12)20-9-10-1-3-11(4-2-10)15(18)19;1-11-2-4-12(5-3-11)10-18-15-7-6-14(16)8-13(15)9-17;1-10-2-3-11(7-16-10)9-18-14-5-4-13(15)6-12(14)8-17/h1-7H,8-9H2,(H,18,19);2-9H,10H2,1H3;2-8H,9H2,1H3. The molecule has 0 saturated heterocycles. The molecule has 0 aliphatic rings. The Morgan fingerprint density at radius 2 is 1.05 bits per heavy atom. The number of aromatic carboxylic acids is 1. The Morgan fingerprint density at radius 1 is 0.607 bits per heavy atom. The molecule has 0 saturated carbocycles. The molecular weight excluding hydrogens is 974 g/mol. The summed E-state index contributed by atoms with van der Waals surface area (Å²) in [5.41, 5.74) is 7.59. The molecule has 6 rings (SSSR count). The van der Waals surface area contributed by atoms with E-state index < -0.39 is 5.97 Å². The van der Waals surface area contributed by atoms with Crippen molar-refractivity contribution in [3.63, 3.8) is 0 Å². The highest BCUT2D eigenvalue weighted by Crippen LogP contribution is 2.27. The van der Waals surface area contributed by atoms with Gasteiger partial charge in [0.2, 0.25) is 0 Å². The molecule has 288 valence electrons. The lowest BCUT2D eigenvalue weighted by molar-refractivity contribution is 0.0696. The molecule has 1 aromatic heterocycles. The summed E-state index contributed by atoms with van der Waals surface area (Å²) in [6.07, 6.45) is 3.36. The number of pyridine rings is 1. The van der Waals surface area contributed by atoms with Crippen LogP contribution in [0, 0.1) is 13.8 Å². The summed E-state index contributed by atoms with van der Waals surface area (Å²) in [6.45, 7) is 5.24. The number of benzene rings is 5. The minimum atomic E-state index is -0.924. The summed E-state index contributed by atoms with van der Waals surface area (Å²) in [5, 5.41) is 9.55. The lowest BCUT2D eigenvalue weighted by atomic mass is 10.1. The van der Waals surface area contributed by atoms with Gasteiger partial charge in [-0.05, 0) is 97.8 Å². The molecule has 0 bridgehead atoms. The number of rotatable bonds is 13. The zero-order valence-corrected chi connectivity index (χ0v) is 36.7. The van der Waals surface area contributed by atoms with Crippen LogP contribution in [-0.2, 0) is 25.2 Å². The number of alkyl halides is 1. The third kappa shape index (κ3) is 14.5. The van der Waals surface area contributed by atoms with E-state index in [0.29, 0.717) is 47.8 Å². The number of carbonyl (C=O) groups excluding carboxylic acids is 2. The molecule has 56 heavy (non-hydrogen) atoms. The maximum atomic E-state index is 10.9. The summed E-state index contributed by atoms with van der Waals surface area (Å²) < 4.78 is 19.8. The highest BCUT2D eigenvalue weighted by atomic mass is 79.9. The first kappa shape index (κ1) is 44.1. The molecule has 8 nitrogen and oxygen atoms in total. The first-order valence-electron chi connectivity index (χ1n) is 17.0. The van der Waals surface area contributed by atoms with Crippen LogP contribution in [0.4, 0.5) is 0 Å². The molecule has 0 spiro atoms. The average Bonchev–Trinajstić information content (AvgIpc) is 3.21. The highest BCUT2D eigenvalue weighted by Gasteiger charge is 2.07. The van der Waals surface area contributed by atoms with E-state index >= 15 is 0 Å². The first-order valence-corrected chi connectivity index (χ1v) is 20.5. The molecule has 6 aromatic rings. The van der Waals surface area contributed by atoms with Gasteiger partial charge in [-0.2, -0.15) is 0 Å². The highest BCUT2D eigenvalue weighted by molar-refractivity contribution is 9.11. The van der Waals surface area contributed by atoms with E-state index in [1.54, 1.807) is 54.7 Å². The van der Waals surface area contributed by atoms with Crippen LogP contribution in [0.3, 0.4) is 0 Å². The van der Waals surface area contributed by atoms with E-state index in [0.717, 1.165) is 59.7 Å². The van der Waals surface area contributed by atoms with Gasteiger partial charge < -0.3 is 19.3 Å². The monoisotopic (exact) mass is 1010 g/mol. The fourth-order valence-electron chi connectivity index (χ4n) is 4.77. The minimum Gasteiger partial charge on any atom is -0.489 e. The van der Waals surface area contributed by atoms with Gasteiger partial charge in [-0.15, -0.1) is 0 Å². The SMILES string of the molecule is Cc1ccc(COc2ccc(Br)cc2C=O)cc1.Cc1ccc(COc2ccc(Br)cc2C=O)cn1.O=C(O)c1ccc(COc2ccc(Br)cc2CBr)cc1. The minimum absolute atomic E-state index is 0.276. The number of carbonyl (C=O) groups is 3. The molecule has 0 fully saturated rings. The fourth-order valence-corrected chi connectivity index (χ4v) is 6.38. The third-order valence-corrected chi connectivity index (χ3v) is 9.93. The number of carboxylic acids is 1. The van der Waals surface area contributed by atoms with Gasteiger partial charge in [0.25, 0.3) is 0 Å². The van der Waals surface area contributed by atoms with E-state index in [1.165, 1.54) is 5.56 Å². The maximum Gasteiger partial charge on any atom is 0.335 e. The van der Waals surface area contributed by atoms with Crippen molar-refractivity contribution in [3.05, 3.63) is 185 Å². The Balaban J connectivity index is 0.000000187. The van der Waals surface area contributed by atoms with Crippen LogP contribution in [0.25, 0.3) is 0 Å². The summed E-state index contributed by atoms with van der Waals surface area (Å²) in [6, 6.07) is 35.3. The second-order valence-corrected chi connectivity index (χ2v) is 15.5. The van der Waals surface area contributed by atoms with Crippen LogP contribution < -0.4 is 14.2 Å². The number of hydrogen-bond donors (Lipinski definition) is 1. The van der Waals surface area contributed by atoms with Gasteiger partial charge in [-0.1, -0.05) is 112 Å². The van der Waals surface area contributed by atoms with E-state index in [9.17, 15) is 14.4 Å². The summed E-state index contributed by atoms with van der Waals surface area (Å²) in [7, 11) is 0. The Morgan fingerprint density at radius 3 is 1.52 bits per heavy atom. The largest absolute Gasteiger partial charge is 0.489 e. The lowest BCUT2D eigenvalue weighted by Gasteiger charge is -2.10. The molecule has 1 heterocycles. The van der Waals surface area contributed by atoms with Crippen LogP contribution in [0.2, 0.25) is 0 Å². The Hall–Kier alpha value is -4.62. The number of halogens is 4. The van der Waals surface area contributed by atoms with E-state index in [1.807, 2.05) is 80.6 Å². The average molecular weight is 1010 g/mol. The molecule has 5 aromatic carbocycles. The van der Waals surface area contributed by atoms with Crippen LogP contribution in [0.5, 0.6) is 17.2 Å². The van der Waals surface area contributed by atoms with Crippen molar-refractivity contribution in [1.29, 1.82) is 0 Å². The zero-order chi connectivity index (χ0) is 40.5. The Labute approximate surface area is 359 Å². The third-order valence-electron chi connectivity index (χ3n) is 7.84. The molecule has 0 aliphatic carbocycles. The number of aryl methyl sites for hydroxylation is 2. The molecule has 0 aliphatic heterocycles. The number of hydrogen-bond acceptors (Lipinski definition) is 7. The maximum absolute atomic E-state index is 10.9. The van der Waals surface area contributed by atoms with E-state index in [-0.39, 0.29) is 5.56 Å². The van der Waals surface area contributed by atoms with Crippen molar-refractivity contribution >= 4 is 82.3 Å². The number of aldehydes is 2. The fraction of sp³-hybridized carbons (Fsp3) is 0.136. The predicted molar refractivity (Wildman–Crippen MR) is 232 cm³/mol. The summed E-state index contributed by atoms with van der Waals surface area (Å²) >= 11 is 13.5. The quantitative estimate of drug-likeness (QED) is 0.0899. The second-order valence-electron chi connectivity index (χ2n) is 12.1. The summed E-state index contributed by atoms with van der Waals surface area (Å²) in [4.78, 5) is 36.8. The first-order chi connectivity index (χ1) is 27.0. The predicted octanol–water partition coefficient (Wildman–Crippen LogP) is 12.3. The topological polar surface area (TPSA) is 112 Å². The molecule has 0 unspecified atom stereocenters. The number of nitrogens with zero attached hydrogens (tertiary/aromatic N) is 1. The van der Waals surface area contributed by atoms with Gasteiger partial charge in [0.05, 0.1) is 16.7 Å². The zero-order valence-electron chi connectivity index (χ0n) is 30.4. The molecule has 0 atom stereocenters. The van der Waals surface area contributed by atoms with Crippen molar-refractivity contribution in [1.82, 2.24) is 4.98 Å². The van der Waals surface area contributed by atoms with Gasteiger partial charge in [0.1, 0.15) is 37.1 Å². The van der Waals surface area contributed by atoms with Gasteiger partial charge in [-0.3, -0.25) is 14.6 Å². The molecule has 0 amide bonds. The van der Waals surface area contributed by atoms with Crippen LogP contribution >= 0.6 is 63.7 Å². The molecule has 0 radical (unpaired) electrons. The second kappa shape index (κ2) is 22.8. The smallest absolute Gasteiger partial charge is 0.335 e. The number of carboxylic acid groups (broad SMARTS) is 1.